The second kappa shape index (κ2) is 5.45. The number of rotatable bonds is 0. The summed E-state index contributed by atoms with van der Waals surface area (Å²) in [5.74, 6) is 0. The minimum absolute atomic E-state index is 0. The van der Waals surface area contributed by atoms with Gasteiger partial charge >= 0.3 is 56.1 Å². The minimum atomic E-state index is -6.00. The van der Waals surface area contributed by atoms with E-state index in [1.807, 2.05) is 0 Å². The first-order chi connectivity index (χ1) is 2.00. The second-order valence-electron chi connectivity index (χ2n) is 0.495. The Morgan fingerprint density at radius 2 is 0.857 bits per heavy atom. The molecule has 3 N–H and O–H groups in total. The van der Waals surface area contributed by atoms with Crippen molar-refractivity contribution in [2.24, 2.45) is 0 Å². The fourth-order valence-corrected chi connectivity index (χ4v) is 0. The first-order valence-electron chi connectivity index (χ1n) is 0.873. The van der Waals surface area contributed by atoms with Crippen LogP contribution in [0.3, 0.4) is 0 Å². The van der Waals surface area contributed by atoms with E-state index in [-0.39, 0.29) is 55.0 Å². The first-order valence-corrected chi connectivity index (χ1v) is 0.873. The van der Waals surface area contributed by atoms with E-state index in [1.165, 1.54) is 0 Å². The third-order valence-corrected chi connectivity index (χ3v) is 0. The van der Waals surface area contributed by atoms with Gasteiger partial charge in [0.15, 0.2) is 0 Å². The van der Waals surface area contributed by atoms with Crippen molar-refractivity contribution < 1.29 is 17.3 Å². The van der Waals surface area contributed by atoms with Crippen molar-refractivity contribution in [3.63, 3.8) is 0 Å². The van der Waals surface area contributed by atoms with Gasteiger partial charge in [-0.1, -0.05) is 0 Å². The maximum atomic E-state index is 9.75. The Labute approximate surface area is 78.6 Å². The Bertz CT molecular complexity index is 27.2. The summed E-state index contributed by atoms with van der Waals surface area (Å²) in [5, 5.41) is 0. The molecular weight excluding hydrogens is 238 g/mol. The Hall–Kier alpha value is 1.32. The molecule has 1 nitrogen and oxygen atoms in total. The van der Waals surface area contributed by atoms with Crippen molar-refractivity contribution in [2.45, 2.75) is 0 Å². The average Bonchev–Trinajstić information content (AvgIpc) is 0.722. The van der Waals surface area contributed by atoms with Gasteiger partial charge in [-0.25, -0.2) is 0 Å². The van der Waals surface area contributed by atoms with Crippen molar-refractivity contribution in [1.82, 2.24) is 6.15 Å². The van der Waals surface area contributed by atoms with Crippen LogP contribution in [-0.2, 0) is 0 Å². The molecular formula is H3BBaF4N+. The summed E-state index contributed by atoms with van der Waals surface area (Å²) in [4.78, 5) is 0. The van der Waals surface area contributed by atoms with E-state index in [9.17, 15) is 17.3 Å². The molecule has 0 spiro atoms. The van der Waals surface area contributed by atoms with E-state index < -0.39 is 7.25 Å². The van der Waals surface area contributed by atoms with Gasteiger partial charge < -0.3 is 23.4 Å². The van der Waals surface area contributed by atoms with E-state index in [4.69, 9.17) is 0 Å². The summed E-state index contributed by atoms with van der Waals surface area (Å²) in [6, 6.07) is 0. The van der Waals surface area contributed by atoms with Crippen LogP contribution in [-0.4, -0.2) is 56.1 Å². The molecule has 0 rings (SSSR count). The third-order valence-electron chi connectivity index (χ3n) is 0. The predicted octanol–water partition coefficient (Wildman–Crippen LogP) is 1.08. The van der Waals surface area contributed by atoms with E-state index in [2.05, 4.69) is 0 Å². The van der Waals surface area contributed by atoms with Crippen molar-refractivity contribution in [3.05, 3.63) is 0 Å². The summed E-state index contributed by atoms with van der Waals surface area (Å²) >= 11 is 0. The van der Waals surface area contributed by atoms with Gasteiger partial charge in [0.05, 0.1) is 0 Å². The number of hydrogen-bond acceptors (Lipinski definition) is 1. The van der Waals surface area contributed by atoms with Gasteiger partial charge in [-0.15, -0.1) is 0 Å². The molecule has 40 valence electrons. The van der Waals surface area contributed by atoms with Crippen molar-refractivity contribution in [2.75, 3.05) is 0 Å². The molecule has 0 radical (unpaired) electrons. The van der Waals surface area contributed by atoms with Crippen LogP contribution in [0.5, 0.6) is 0 Å². The topological polar surface area (TPSA) is 35.0 Å². The van der Waals surface area contributed by atoms with Crippen molar-refractivity contribution >= 4 is 56.1 Å². The van der Waals surface area contributed by atoms with Crippen LogP contribution in [0.15, 0.2) is 0 Å². The van der Waals surface area contributed by atoms with Crippen molar-refractivity contribution in [1.29, 1.82) is 0 Å². The summed E-state index contributed by atoms with van der Waals surface area (Å²) < 4.78 is 39.0. The molecule has 7 heteroatoms. The first kappa shape index (κ1) is 15.8. The standard InChI is InChI=1S/BF4.Ba.H3N/c2-1(3,4)5;;/h;;1H3/q-1;+2;. The zero-order valence-corrected chi connectivity index (χ0v) is 7.94. The van der Waals surface area contributed by atoms with Gasteiger partial charge in [-0.2, -0.15) is 0 Å². The molecule has 0 aliphatic heterocycles. The van der Waals surface area contributed by atoms with Crippen LogP contribution >= 0.6 is 0 Å². The normalized spacial score (nSPS) is 8.57. The summed E-state index contributed by atoms with van der Waals surface area (Å²) in [6.07, 6.45) is 0. The molecule has 0 aliphatic carbocycles. The van der Waals surface area contributed by atoms with Gasteiger partial charge in [-0.05, 0) is 0 Å². The van der Waals surface area contributed by atoms with E-state index in [1.54, 1.807) is 0 Å². The van der Waals surface area contributed by atoms with Crippen LogP contribution in [0.4, 0.5) is 17.3 Å². The zero-order valence-electron chi connectivity index (χ0n) is 3.50. The molecule has 0 saturated carbocycles. The van der Waals surface area contributed by atoms with Crippen LogP contribution in [0.2, 0.25) is 0 Å². The Kier molecular flexibility index (Phi) is 12.3. The number of hydrogen-bond donors (Lipinski definition) is 1. The second-order valence-corrected chi connectivity index (χ2v) is 0.495. The predicted molar refractivity (Wildman–Crippen MR) is 21.0 cm³/mol. The summed E-state index contributed by atoms with van der Waals surface area (Å²) in [6.45, 7) is 0. The zero-order chi connectivity index (χ0) is 4.50. The van der Waals surface area contributed by atoms with Gasteiger partial charge in [0.2, 0.25) is 0 Å². The smallest absolute Gasteiger partial charge is 0.418 e. The third kappa shape index (κ3) is 119. The molecule has 0 bridgehead atoms. The quantitative estimate of drug-likeness (QED) is 0.500. The number of halogens is 4. The van der Waals surface area contributed by atoms with Crippen LogP contribution in [0, 0.1) is 0 Å². The fourth-order valence-electron chi connectivity index (χ4n) is 0. The molecule has 0 fully saturated rings. The maximum absolute atomic E-state index is 9.75. The molecule has 0 heterocycles. The minimum Gasteiger partial charge on any atom is -0.418 e. The Morgan fingerprint density at radius 3 is 0.857 bits per heavy atom. The fraction of sp³-hybridized carbons (Fsp3) is 0. The Morgan fingerprint density at radius 1 is 0.857 bits per heavy atom. The molecule has 0 aromatic rings. The molecule has 0 aromatic carbocycles. The largest absolute Gasteiger partial charge is 2.00 e. The van der Waals surface area contributed by atoms with Gasteiger partial charge in [0.1, 0.15) is 0 Å². The van der Waals surface area contributed by atoms with E-state index in [0.29, 0.717) is 0 Å². The molecule has 0 amide bonds. The van der Waals surface area contributed by atoms with Crippen molar-refractivity contribution in [3.8, 4) is 0 Å². The maximum Gasteiger partial charge on any atom is 2.00 e. The molecule has 0 atom stereocenters. The van der Waals surface area contributed by atoms with E-state index >= 15 is 0 Å². The van der Waals surface area contributed by atoms with Gasteiger partial charge in [-0.3, -0.25) is 0 Å². The van der Waals surface area contributed by atoms with Crippen LogP contribution < -0.4 is 6.15 Å². The summed E-state index contributed by atoms with van der Waals surface area (Å²) in [5.41, 5.74) is 0. The Balaban J connectivity index is -0.0000000800. The van der Waals surface area contributed by atoms with Gasteiger partial charge in [0.25, 0.3) is 0 Å². The molecule has 0 saturated heterocycles. The van der Waals surface area contributed by atoms with Crippen LogP contribution in [0.25, 0.3) is 0 Å². The van der Waals surface area contributed by atoms with Gasteiger partial charge in [0, 0.05) is 0 Å². The average molecular weight is 241 g/mol. The molecule has 0 aliphatic rings. The van der Waals surface area contributed by atoms with Crippen LogP contribution in [0.1, 0.15) is 0 Å². The SMILES string of the molecule is F[B-](F)(F)F.N.[Ba+2]. The monoisotopic (exact) mass is 242 g/mol. The van der Waals surface area contributed by atoms with E-state index in [0.717, 1.165) is 0 Å². The summed E-state index contributed by atoms with van der Waals surface area (Å²) in [7, 11) is -6.00. The molecule has 0 aromatic heterocycles. The molecule has 0 unspecified atom stereocenters. The molecule has 7 heavy (non-hydrogen) atoms.